The molecule has 1 amide bonds. The quantitative estimate of drug-likeness (QED) is 0.730. The summed E-state index contributed by atoms with van der Waals surface area (Å²) in [5, 5.41) is 8.98. The third-order valence-electron chi connectivity index (χ3n) is 1.74. The van der Waals surface area contributed by atoms with Crippen molar-refractivity contribution in [2.75, 3.05) is 12.4 Å². The maximum absolute atomic E-state index is 11.4. The maximum Gasteiger partial charge on any atom is 0.322 e. The van der Waals surface area contributed by atoms with Gasteiger partial charge in [0.05, 0.1) is 0 Å². The molecule has 0 fully saturated rings. The Morgan fingerprint density at radius 3 is 2.57 bits per heavy atom. The number of aryl methyl sites for hydroxylation is 1. The molecule has 0 spiro atoms. The Bertz CT molecular complexity index is 332. The third kappa shape index (κ3) is 2.21. The SMILES string of the molecule is CNC(=O)C(C)(C)Nc1nc(C)no1. The number of anilines is 1. The van der Waals surface area contributed by atoms with Crippen LogP contribution >= 0.6 is 0 Å². The van der Waals surface area contributed by atoms with Gasteiger partial charge in [-0.2, -0.15) is 4.98 Å². The van der Waals surface area contributed by atoms with Gasteiger partial charge in [-0.25, -0.2) is 0 Å². The zero-order chi connectivity index (χ0) is 10.8. The summed E-state index contributed by atoms with van der Waals surface area (Å²) in [6.07, 6.45) is 0. The fourth-order valence-corrected chi connectivity index (χ4v) is 0.984. The molecule has 0 atom stereocenters. The van der Waals surface area contributed by atoms with Gasteiger partial charge in [0.2, 0.25) is 5.91 Å². The summed E-state index contributed by atoms with van der Waals surface area (Å²) in [6.45, 7) is 5.16. The summed E-state index contributed by atoms with van der Waals surface area (Å²) in [4.78, 5) is 15.3. The minimum atomic E-state index is -0.770. The Hall–Kier alpha value is -1.59. The van der Waals surface area contributed by atoms with Gasteiger partial charge in [-0.3, -0.25) is 4.79 Å². The molecule has 1 heterocycles. The topological polar surface area (TPSA) is 80.0 Å². The first-order valence-corrected chi connectivity index (χ1v) is 4.26. The van der Waals surface area contributed by atoms with Crippen molar-refractivity contribution in [2.24, 2.45) is 0 Å². The van der Waals surface area contributed by atoms with Crippen LogP contribution in [0.1, 0.15) is 19.7 Å². The van der Waals surface area contributed by atoms with Crippen molar-refractivity contribution in [3.8, 4) is 0 Å². The molecule has 0 aliphatic rings. The average molecular weight is 198 g/mol. The lowest BCUT2D eigenvalue weighted by Crippen LogP contribution is -2.46. The predicted molar refractivity (Wildman–Crippen MR) is 50.8 cm³/mol. The second kappa shape index (κ2) is 3.65. The van der Waals surface area contributed by atoms with Crippen LogP contribution in [0.15, 0.2) is 4.52 Å². The van der Waals surface area contributed by atoms with Gasteiger partial charge in [-0.05, 0) is 20.8 Å². The highest BCUT2D eigenvalue weighted by molar-refractivity contribution is 5.87. The summed E-state index contributed by atoms with van der Waals surface area (Å²) in [7, 11) is 1.57. The largest absolute Gasteiger partial charge is 0.357 e. The molecule has 0 aromatic carbocycles. The number of rotatable bonds is 3. The first-order valence-electron chi connectivity index (χ1n) is 4.26. The van der Waals surface area contributed by atoms with Gasteiger partial charge < -0.3 is 15.2 Å². The zero-order valence-corrected chi connectivity index (χ0v) is 8.71. The number of nitrogens with one attached hydrogen (secondary N) is 2. The number of likely N-dealkylation sites (N-methyl/N-ethyl adjacent to an activating group) is 1. The van der Waals surface area contributed by atoms with Gasteiger partial charge in [-0.1, -0.05) is 5.16 Å². The third-order valence-corrected chi connectivity index (χ3v) is 1.74. The first kappa shape index (κ1) is 10.5. The first-order chi connectivity index (χ1) is 6.45. The number of aromatic nitrogens is 2. The predicted octanol–water partition coefficient (Wildman–Crippen LogP) is 0.315. The van der Waals surface area contributed by atoms with Crippen molar-refractivity contribution < 1.29 is 9.32 Å². The molecule has 14 heavy (non-hydrogen) atoms. The second-order valence-electron chi connectivity index (χ2n) is 3.48. The van der Waals surface area contributed by atoms with Crippen LogP contribution in [0.5, 0.6) is 0 Å². The molecule has 0 saturated carbocycles. The van der Waals surface area contributed by atoms with Gasteiger partial charge in [0.25, 0.3) is 0 Å². The monoisotopic (exact) mass is 198 g/mol. The molecule has 0 unspecified atom stereocenters. The molecular formula is C8H14N4O2. The number of nitrogens with zero attached hydrogens (tertiary/aromatic N) is 2. The van der Waals surface area contributed by atoms with Crippen LogP contribution in [0.3, 0.4) is 0 Å². The van der Waals surface area contributed by atoms with E-state index in [0.29, 0.717) is 5.82 Å². The number of hydrogen-bond acceptors (Lipinski definition) is 5. The minimum absolute atomic E-state index is 0.145. The lowest BCUT2D eigenvalue weighted by Gasteiger charge is -2.22. The van der Waals surface area contributed by atoms with Gasteiger partial charge >= 0.3 is 6.01 Å². The van der Waals surface area contributed by atoms with Crippen LogP contribution in [-0.2, 0) is 4.79 Å². The Kier molecular flexibility index (Phi) is 2.73. The molecule has 1 rings (SSSR count). The van der Waals surface area contributed by atoms with Gasteiger partial charge in [0, 0.05) is 7.05 Å². The Balaban J connectivity index is 2.72. The maximum atomic E-state index is 11.4. The number of hydrogen-bond donors (Lipinski definition) is 2. The number of amides is 1. The molecule has 1 aromatic heterocycles. The van der Waals surface area contributed by atoms with E-state index in [2.05, 4.69) is 20.8 Å². The van der Waals surface area contributed by atoms with Crippen molar-refractivity contribution in [3.05, 3.63) is 5.82 Å². The van der Waals surface area contributed by atoms with E-state index in [-0.39, 0.29) is 11.9 Å². The van der Waals surface area contributed by atoms with E-state index in [0.717, 1.165) is 0 Å². The van der Waals surface area contributed by atoms with Crippen molar-refractivity contribution in [1.29, 1.82) is 0 Å². The van der Waals surface area contributed by atoms with Crippen LogP contribution in [0.2, 0.25) is 0 Å². The number of carbonyl (C=O) groups excluding carboxylic acids is 1. The van der Waals surface area contributed by atoms with Gasteiger partial charge in [-0.15, -0.1) is 0 Å². The van der Waals surface area contributed by atoms with E-state index in [1.807, 2.05) is 0 Å². The summed E-state index contributed by atoms with van der Waals surface area (Å²) >= 11 is 0. The fraction of sp³-hybridized carbons (Fsp3) is 0.625. The van der Waals surface area contributed by atoms with Crippen LogP contribution < -0.4 is 10.6 Å². The van der Waals surface area contributed by atoms with Crippen LogP contribution in [0.4, 0.5) is 6.01 Å². The van der Waals surface area contributed by atoms with Gasteiger partial charge in [0.1, 0.15) is 5.54 Å². The average Bonchev–Trinajstić information content (AvgIpc) is 2.48. The minimum Gasteiger partial charge on any atom is -0.357 e. The molecule has 0 bridgehead atoms. The molecule has 0 saturated heterocycles. The standard InChI is InChI=1S/C8H14N4O2/c1-5-10-7(14-12-5)11-8(2,3)6(13)9-4/h1-4H3,(H,9,13)(H,10,11,12). The zero-order valence-electron chi connectivity index (χ0n) is 8.71. The molecule has 6 nitrogen and oxygen atoms in total. The van der Waals surface area contributed by atoms with E-state index in [9.17, 15) is 4.79 Å². The molecule has 0 radical (unpaired) electrons. The van der Waals surface area contributed by atoms with Gasteiger partial charge in [0.15, 0.2) is 5.82 Å². The molecular weight excluding hydrogens is 184 g/mol. The van der Waals surface area contributed by atoms with E-state index < -0.39 is 5.54 Å². The normalized spacial score (nSPS) is 11.1. The van der Waals surface area contributed by atoms with Crippen LogP contribution in [0.25, 0.3) is 0 Å². The molecule has 6 heteroatoms. The molecule has 0 aliphatic carbocycles. The van der Waals surface area contributed by atoms with Crippen molar-refractivity contribution in [1.82, 2.24) is 15.5 Å². The highest BCUT2D eigenvalue weighted by Gasteiger charge is 2.28. The highest BCUT2D eigenvalue weighted by Crippen LogP contribution is 2.12. The lowest BCUT2D eigenvalue weighted by molar-refractivity contribution is -0.124. The Morgan fingerprint density at radius 1 is 1.50 bits per heavy atom. The van der Waals surface area contributed by atoms with E-state index in [4.69, 9.17) is 4.52 Å². The molecule has 2 N–H and O–H groups in total. The van der Waals surface area contributed by atoms with Crippen molar-refractivity contribution in [3.63, 3.8) is 0 Å². The number of carbonyl (C=O) groups is 1. The molecule has 0 aliphatic heterocycles. The summed E-state index contributed by atoms with van der Waals surface area (Å²) in [6, 6.07) is 0.246. The smallest absolute Gasteiger partial charge is 0.322 e. The van der Waals surface area contributed by atoms with E-state index in [1.54, 1.807) is 27.8 Å². The molecule has 78 valence electrons. The fourth-order valence-electron chi connectivity index (χ4n) is 0.984. The van der Waals surface area contributed by atoms with E-state index >= 15 is 0 Å². The van der Waals surface area contributed by atoms with E-state index in [1.165, 1.54) is 0 Å². The second-order valence-corrected chi connectivity index (χ2v) is 3.48. The summed E-state index contributed by atoms with van der Waals surface area (Å²) in [5.41, 5.74) is -0.770. The highest BCUT2D eigenvalue weighted by atomic mass is 16.5. The Morgan fingerprint density at radius 2 is 2.14 bits per heavy atom. The Labute approximate surface area is 82.1 Å². The lowest BCUT2D eigenvalue weighted by atomic mass is 10.1. The molecule has 1 aromatic rings. The van der Waals surface area contributed by atoms with Crippen LogP contribution in [0, 0.1) is 6.92 Å². The van der Waals surface area contributed by atoms with Crippen molar-refractivity contribution in [2.45, 2.75) is 26.3 Å². The summed E-state index contributed by atoms with van der Waals surface area (Å²) < 4.78 is 4.84. The van der Waals surface area contributed by atoms with Crippen LogP contribution in [-0.4, -0.2) is 28.6 Å². The van der Waals surface area contributed by atoms with Crippen molar-refractivity contribution >= 4 is 11.9 Å². The summed E-state index contributed by atoms with van der Waals surface area (Å²) in [5.74, 6) is 0.383.